The topological polar surface area (TPSA) is 49.9 Å². The fourth-order valence-electron chi connectivity index (χ4n) is 1.74. The molecule has 0 unspecified atom stereocenters. The van der Waals surface area contributed by atoms with Crippen LogP contribution in [-0.4, -0.2) is 29.0 Å². The minimum atomic E-state index is 0.485. The van der Waals surface area contributed by atoms with E-state index in [1.54, 1.807) is 6.20 Å². The van der Waals surface area contributed by atoms with Gasteiger partial charge in [-0.2, -0.15) is 5.10 Å². The molecule has 0 bridgehead atoms. The van der Waals surface area contributed by atoms with Crippen molar-refractivity contribution in [2.45, 2.75) is 38.5 Å². The molecular weight excluding hydrogens is 178 g/mol. The van der Waals surface area contributed by atoms with Crippen molar-refractivity contribution < 1.29 is 4.74 Å². The van der Waals surface area contributed by atoms with Crippen molar-refractivity contribution in [3.05, 3.63) is 18.0 Å². The van der Waals surface area contributed by atoms with Crippen LogP contribution < -0.4 is 5.32 Å². The van der Waals surface area contributed by atoms with Crippen LogP contribution in [0.15, 0.2) is 12.3 Å². The molecule has 2 N–H and O–H groups in total. The predicted molar refractivity (Wildman–Crippen MR) is 53.9 cm³/mol. The zero-order valence-corrected chi connectivity index (χ0v) is 8.49. The molecule has 1 aromatic heterocycles. The summed E-state index contributed by atoms with van der Waals surface area (Å²) in [5, 5.41) is 10.3. The summed E-state index contributed by atoms with van der Waals surface area (Å²) in [5.41, 5.74) is 1.14. The minimum absolute atomic E-state index is 0.485. The number of hydrogen-bond acceptors (Lipinski definition) is 3. The van der Waals surface area contributed by atoms with Crippen LogP contribution >= 0.6 is 0 Å². The number of hydrogen-bond donors (Lipinski definition) is 2. The largest absolute Gasteiger partial charge is 0.378 e. The Kier molecular flexibility index (Phi) is 3.16. The van der Waals surface area contributed by atoms with E-state index >= 15 is 0 Å². The Morgan fingerprint density at radius 2 is 2.50 bits per heavy atom. The fourth-order valence-corrected chi connectivity index (χ4v) is 1.74. The van der Waals surface area contributed by atoms with E-state index < -0.39 is 0 Å². The maximum absolute atomic E-state index is 5.48. The summed E-state index contributed by atoms with van der Waals surface area (Å²) < 4.78 is 5.48. The van der Waals surface area contributed by atoms with Gasteiger partial charge in [0.25, 0.3) is 0 Å². The van der Waals surface area contributed by atoms with Crippen molar-refractivity contribution in [3.8, 4) is 0 Å². The lowest BCUT2D eigenvalue weighted by Crippen LogP contribution is -2.45. The standard InChI is InChI=1S/C10H17N3O/c1-2-14-10-5-9(6-10)11-7-8-3-4-12-13-8/h3-4,9-11H,2,5-7H2,1H3,(H,12,13). The lowest BCUT2D eigenvalue weighted by molar-refractivity contribution is -0.0103. The first-order valence-corrected chi connectivity index (χ1v) is 5.21. The van der Waals surface area contributed by atoms with Gasteiger partial charge in [0.05, 0.1) is 6.10 Å². The van der Waals surface area contributed by atoms with E-state index in [-0.39, 0.29) is 0 Å². The lowest BCUT2D eigenvalue weighted by Gasteiger charge is -2.35. The highest BCUT2D eigenvalue weighted by molar-refractivity contribution is 4.98. The molecule has 1 aliphatic carbocycles. The fraction of sp³-hybridized carbons (Fsp3) is 0.700. The third-order valence-corrected chi connectivity index (χ3v) is 2.64. The SMILES string of the molecule is CCOC1CC(NCc2ccn[nH]2)C1. The summed E-state index contributed by atoms with van der Waals surface area (Å²) in [4.78, 5) is 0. The Bertz CT molecular complexity index is 254. The van der Waals surface area contributed by atoms with E-state index in [4.69, 9.17) is 4.74 Å². The molecule has 0 aliphatic heterocycles. The second kappa shape index (κ2) is 4.57. The molecule has 1 fully saturated rings. The van der Waals surface area contributed by atoms with Gasteiger partial charge in [-0.25, -0.2) is 0 Å². The molecule has 0 amide bonds. The highest BCUT2D eigenvalue weighted by atomic mass is 16.5. The van der Waals surface area contributed by atoms with Crippen molar-refractivity contribution in [2.24, 2.45) is 0 Å². The quantitative estimate of drug-likeness (QED) is 0.738. The first kappa shape index (κ1) is 9.68. The van der Waals surface area contributed by atoms with Gasteiger partial charge in [-0.3, -0.25) is 5.10 Å². The van der Waals surface area contributed by atoms with Crippen LogP contribution in [0.4, 0.5) is 0 Å². The highest BCUT2D eigenvalue weighted by Crippen LogP contribution is 2.23. The number of nitrogens with zero attached hydrogens (tertiary/aromatic N) is 1. The summed E-state index contributed by atoms with van der Waals surface area (Å²) in [6.45, 7) is 3.76. The average Bonchev–Trinajstić information content (AvgIpc) is 2.61. The summed E-state index contributed by atoms with van der Waals surface area (Å²) in [5.74, 6) is 0. The molecule has 0 saturated heterocycles. The van der Waals surface area contributed by atoms with E-state index in [0.29, 0.717) is 12.1 Å². The molecule has 1 heterocycles. The van der Waals surface area contributed by atoms with Gasteiger partial charge in [0.15, 0.2) is 0 Å². The third-order valence-electron chi connectivity index (χ3n) is 2.64. The molecule has 0 atom stereocenters. The molecule has 0 radical (unpaired) electrons. The third kappa shape index (κ3) is 2.33. The zero-order valence-electron chi connectivity index (χ0n) is 8.49. The molecule has 0 spiro atoms. The molecule has 2 rings (SSSR count). The molecule has 1 aromatic rings. The summed E-state index contributed by atoms with van der Waals surface area (Å²) in [7, 11) is 0. The second-order valence-corrected chi connectivity index (χ2v) is 3.71. The number of nitrogens with one attached hydrogen (secondary N) is 2. The highest BCUT2D eigenvalue weighted by Gasteiger charge is 2.28. The van der Waals surface area contributed by atoms with E-state index in [0.717, 1.165) is 31.7 Å². The van der Waals surface area contributed by atoms with E-state index in [9.17, 15) is 0 Å². The molecule has 14 heavy (non-hydrogen) atoms. The van der Waals surface area contributed by atoms with Gasteiger partial charge in [0, 0.05) is 31.1 Å². The van der Waals surface area contributed by atoms with Crippen molar-refractivity contribution >= 4 is 0 Å². The maximum atomic E-state index is 5.48. The number of ether oxygens (including phenoxy) is 1. The first-order chi connectivity index (χ1) is 6.88. The summed E-state index contributed by atoms with van der Waals surface area (Å²) in [6.07, 6.45) is 4.55. The molecule has 0 aromatic carbocycles. The van der Waals surface area contributed by atoms with E-state index in [1.807, 2.05) is 13.0 Å². The van der Waals surface area contributed by atoms with Crippen LogP contribution in [0, 0.1) is 0 Å². The Labute approximate surface area is 84.0 Å². The van der Waals surface area contributed by atoms with E-state index in [2.05, 4.69) is 15.5 Å². The van der Waals surface area contributed by atoms with Crippen LogP contribution in [0.5, 0.6) is 0 Å². The Morgan fingerprint density at radius 1 is 1.64 bits per heavy atom. The average molecular weight is 195 g/mol. The maximum Gasteiger partial charge on any atom is 0.0604 e. The van der Waals surface area contributed by atoms with Gasteiger partial charge >= 0.3 is 0 Å². The number of H-pyrrole nitrogens is 1. The van der Waals surface area contributed by atoms with E-state index in [1.165, 1.54) is 0 Å². The van der Waals surface area contributed by atoms with Gasteiger partial charge in [-0.05, 0) is 25.8 Å². The molecular formula is C10H17N3O. The minimum Gasteiger partial charge on any atom is -0.378 e. The van der Waals surface area contributed by atoms with Crippen molar-refractivity contribution in [2.75, 3.05) is 6.61 Å². The molecule has 4 heteroatoms. The Hall–Kier alpha value is -0.870. The Balaban J connectivity index is 1.61. The predicted octanol–water partition coefficient (Wildman–Crippen LogP) is 1.07. The van der Waals surface area contributed by atoms with Crippen LogP contribution in [0.1, 0.15) is 25.5 Å². The van der Waals surface area contributed by atoms with Gasteiger partial charge < -0.3 is 10.1 Å². The second-order valence-electron chi connectivity index (χ2n) is 3.71. The van der Waals surface area contributed by atoms with Crippen LogP contribution in [0.2, 0.25) is 0 Å². The van der Waals surface area contributed by atoms with Crippen LogP contribution in [0.3, 0.4) is 0 Å². The lowest BCUT2D eigenvalue weighted by atomic mass is 9.89. The zero-order chi connectivity index (χ0) is 9.80. The number of aromatic nitrogens is 2. The molecule has 1 saturated carbocycles. The van der Waals surface area contributed by atoms with Gasteiger partial charge in [-0.1, -0.05) is 0 Å². The summed E-state index contributed by atoms with van der Waals surface area (Å²) in [6, 6.07) is 2.61. The summed E-state index contributed by atoms with van der Waals surface area (Å²) >= 11 is 0. The number of rotatable bonds is 5. The molecule has 1 aliphatic rings. The van der Waals surface area contributed by atoms with Crippen molar-refractivity contribution in [1.29, 1.82) is 0 Å². The Morgan fingerprint density at radius 3 is 3.14 bits per heavy atom. The van der Waals surface area contributed by atoms with Gasteiger partial charge in [0.2, 0.25) is 0 Å². The first-order valence-electron chi connectivity index (χ1n) is 5.21. The molecule has 4 nitrogen and oxygen atoms in total. The van der Waals surface area contributed by atoms with Crippen molar-refractivity contribution in [1.82, 2.24) is 15.5 Å². The normalized spacial score (nSPS) is 26.1. The monoisotopic (exact) mass is 195 g/mol. The van der Waals surface area contributed by atoms with Crippen LogP contribution in [-0.2, 0) is 11.3 Å². The number of aromatic amines is 1. The molecule has 78 valence electrons. The van der Waals surface area contributed by atoms with Crippen molar-refractivity contribution in [3.63, 3.8) is 0 Å². The smallest absolute Gasteiger partial charge is 0.0604 e. The van der Waals surface area contributed by atoms with Gasteiger partial charge in [0.1, 0.15) is 0 Å². The van der Waals surface area contributed by atoms with Crippen LogP contribution in [0.25, 0.3) is 0 Å². The van der Waals surface area contributed by atoms with Gasteiger partial charge in [-0.15, -0.1) is 0 Å².